The molecule has 2 N–H and O–H groups in total. The van der Waals surface area contributed by atoms with Crippen molar-refractivity contribution in [1.29, 1.82) is 0 Å². The van der Waals surface area contributed by atoms with Crippen molar-refractivity contribution >= 4 is 0 Å². The van der Waals surface area contributed by atoms with Crippen LogP contribution in [0.4, 0.5) is 0 Å². The molecule has 0 bridgehead atoms. The Morgan fingerprint density at radius 3 is 2.29 bits per heavy atom. The molecule has 5 heteroatoms. The Morgan fingerprint density at radius 1 is 1.06 bits per heavy atom. The summed E-state index contributed by atoms with van der Waals surface area (Å²) in [5, 5.41) is 12.7. The molecular weight excluding hydrogens is 222 g/mol. The maximum atomic E-state index is 9.62. The van der Waals surface area contributed by atoms with Crippen LogP contribution in [-0.2, 0) is 14.2 Å². The summed E-state index contributed by atoms with van der Waals surface area (Å²) >= 11 is 0. The van der Waals surface area contributed by atoms with Crippen molar-refractivity contribution in [3.63, 3.8) is 0 Å². The average molecular weight is 249 g/mol. The summed E-state index contributed by atoms with van der Waals surface area (Å²) in [6.07, 6.45) is -0.461. The van der Waals surface area contributed by atoms with Gasteiger partial charge in [0.15, 0.2) is 0 Å². The third-order valence-electron chi connectivity index (χ3n) is 2.20. The average Bonchev–Trinajstić information content (AvgIpc) is 2.27. The molecular formula is C12H27NO4. The largest absolute Gasteiger partial charge is 0.389 e. The van der Waals surface area contributed by atoms with Gasteiger partial charge in [-0.3, -0.25) is 0 Å². The molecule has 0 heterocycles. The van der Waals surface area contributed by atoms with E-state index in [0.29, 0.717) is 38.8 Å². The van der Waals surface area contributed by atoms with Gasteiger partial charge in [0.05, 0.1) is 25.4 Å². The molecule has 0 radical (unpaired) electrons. The van der Waals surface area contributed by atoms with Crippen molar-refractivity contribution in [2.24, 2.45) is 5.92 Å². The summed E-state index contributed by atoms with van der Waals surface area (Å²) in [5.41, 5.74) is 0. The molecule has 0 spiro atoms. The van der Waals surface area contributed by atoms with E-state index in [4.69, 9.17) is 14.2 Å². The van der Waals surface area contributed by atoms with Crippen LogP contribution in [0.15, 0.2) is 0 Å². The zero-order valence-electron chi connectivity index (χ0n) is 11.4. The summed E-state index contributed by atoms with van der Waals surface area (Å²) in [7, 11) is 3.29. The topological polar surface area (TPSA) is 60.0 Å². The smallest absolute Gasteiger partial charge is 0.0928 e. The first-order chi connectivity index (χ1) is 8.10. The first kappa shape index (κ1) is 16.8. The van der Waals surface area contributed by atoms with Crippen LogP contribution in [0.5, 0.6) is 0 Å². The molecule has 0 amide bonds. The molecule has 0 saturated carbocycles. The quantitative estimate of drug-likeness (QED) is 0.550. The molecule has 104 valence electrons. The number of aliphatic hydroxyl groups is 1. The fraction of sp³-hybridized carbons (Fsp3) is 1.00. The van der Waals surface area contributed by atoms with Gasteiger partial charge in [-0.15, -0.1) is 0 Å². The van der Waals surface area contributed by atoms with Crippen LogP contribution in [0.25, 0.3) is 0 Å². The molecule has 0 saturated heterocycles. The molecule has 0 aliphatic rings. The molecule has 0 aromatic carbocycles. The zero-order chi connectivity index (χ0) is 13.1. The van der Waals surface area contributed by atoms with Crippen molar-refractivity contribution < 1.29 is 19.3 Å². The number of hydrogen-bond donors (Lipinski definition) is 2. The van der Waals surface area contributed by atoms with Crippen LogP contribution >= 0.6 is 0 Å². The van der Waals surface area contributed by atoms with Crippen LogP contribution in [0.2, 0.25) is 0 Å². The molecule has 0 aliphatic carbocycles. The van der Waals surface area contributed by atoms with Gasteiger partial charge in [-0.1, -0.05) is 13.8 Å². The van der Waals surface area contributed by atoms with Crippen LogP contribution < -0.4 is 5.32 Å². The predicted octanol–water partition coefficient (Wildman–Crippen LogP) is 0.271. The standard InChI is InChI=1S/C12H27NO4/c1-10(2)7-17-8-11(14)5-13-6-12(16-4)9-15-3/h10-14H,5-9H2,1-4H3. The monoisotopic (exact) mass is 249 g/mol. The highest BCUT2D eigenvalue weighted by Crippen LogP contribution is 1.94. The lowest BCUT2D eigenvalue weighted by Crippen LogP contribution is -2.37. The van der Waals surface area contributed by atoms with E-state index < -0.39 is 6.10 Å². The molecule has 2 unspecified atom stereocenters. The minimum Gasteiger partial charge on any atom is -0.389 e. The van der Waals surface area contributed by atoms with E-state index in [-0.39, 0.29) is 6.10 Å². The van der Waals surface area contributed by atoms with Crippen molar-refractivity contribution in [1.82, 2.24) is 5.32 Å². The third-order valence-corrected chi connectivity index (χ3v) is 2.20. The molecule has 0 aromatic heterocycles. The van der Waals surface area contributed by atoms with Crippen molar-refractivity contribution in [3.05, 3.63) is 0 Å². The van der Waals surface area contributed by atoms with Gasteiger partial charge in [0.25, 0.3) is 0 Å². The Hall–Kier alpha value is -0.200. The summed E-state index contributed by atoms with van der Waals surface area (Å²) < 4.78 is 15.5. The first-order valence-corrected chi connectivity index (χ1v) is 6.08. The maximum absolute atomic E-state index is 9.62. The fourth-order valence-corrected chi connectivity index (χ4v) is 1.31. The normalized spacial score (nSPS) is 15.2. The summed E-state index contributed by atoms with van der Waals surface area (Å²) in [6, 6.07) is 0. The lowest BCUT2D eigenvalue weighted by atomic mass is 10.2. The van der Waals surface area contributed by atoms with E-state index in [1.54, 1.807) is 14.2 Å². The maximum Gasteiger partial charge on any atom is 0.0928 e. The number of nitrogens with one attached hydrogen (secondary N) is 1. The Bertz CT molecular complexity index is 167. The van der Waals surface area contributed by atoms with Crippen molar-refractivity contribution in [2.75, 3.05) is 47.1 Å². The summed E-state index contributed by atoms with van der Waals surface area (Å²) in [4.78, 5) is 0. The van der Waals surface area contributed by atoms with Crippen LogP contribution in [0.3, 0.4) is 0 Å². The van der Waals surface area contributed by atoms with Gasteiger partial charge in [0.2, 0.25) is 0 Å². The lowest BCUT2D eigenvalue weighted by molar-refractivity contribution is 0.0139. The molecule has 2 atom stereocenters. The summed E-state index contributed by atoms with van der Waals surface area (Å²) in [5.74, 6) is 0.495. The zero-order valence-corrected chi connectivity index (χ0v) is 11.4. The molecule has 17 heavy (non-hydrogen) atoms. The van der Waals surface area contributed by atoms with E-state index in [9.17, 15) is 5.11 Å². The Kier molecular flexibility index (Phi) is 10.8. The molecule has 5 nitrogen and oxygen atoms in total. The number of aliphatic hydroxyl groups excluding tert-OH is 1. The van der Waals surface area contributed by atoms with Gasteiger partial charge in [0, 0.05) is 33.9 Å². The van der Waals surface area contributed by atoms with E-state index >= 15 is 0 Å². The molecule has 0 aromatic rings. The highest BCUT2D eigenvalue weighted by molar-refractivity contribution is 4.64. The first-order valence-electron chi connectivity index (χ1n) is 6.08. The predicted molar refractivity (Wildman–Crippen MR) is 67.2 cm³/mol. The van der Waals surface area contributed by atoms with Crippen LogP contribution in [0, 0.1) is 5.92 Å². The summed E-state index contributed by atoms with van der Waals surface area (Å²) in [6.45, 7) is 6.92. The molecule has 0 fully saturated rings. The second kappa shape index (κ2) is 10.9. The minimum atomic E-state index is -0.478. The van der Waals surface area contributed by atoms with E-state index in [1.165, 1.54) is 0 Å². The second-order valence-electron chi connectivity index (χ2n) is 4.56. The van der Waals surface area contributed by atoms with E-state index in [0.717, 1.165) is 0 Å². The van der Waals surface area contributed by atoms with Gasteiger partial charge in [-0.2, -0.15) is 0 Å². The number of hydrogen-bond acceptors (Lipinski definition) is 5. The van der Waals surface area contributed by atoms with Gasteiger partial charge in [0.1, 0.15) is 0 Å². The number of rotatable bonds is 11. The van der Waals surface area contributed by atoms with Gasteiger partial charge < -0.3 is 24.6 Å². The number of methoxy groups -OCH3 is 2. The minimum absolute atomic E-state index is 0.0174. The van der Waals surface area contributed by atoms with Crippen molar-refractivity contribution in [3.8, 4) is 0 Å². The highest BCUT2D eigenvalue weighted by atomic mass is 16.5. The van der Waals surface area contributed by atoms with Crippen molar-refractivity contribution in [2.45, 2.75) is 26.1 Å². The van der Waals surface area contributed by atoms with E-state index in [2.05, 4.69) is 19.2 Å². The SMILES string of the molecule is COCC(CNCC(O)COCC(C)C)OC. The Morgan fingerprint density at radius 2 is 1.76 bits per heavy atom. The van der Waals surface area contributed by atoms with Crippen LogP contribution in [-0.4, -0.2) is 64.4 Å². The van der Waals surface area contributed by atoms with E-state index in [1.807, 2.05) is 0 Å². The molecule has 0 rings (SSSR count). The Balaban J connectivity index is 3.45. The lowest BCUT2D eigenvalue weighted by Gasteiger charge is -2.17. The van der Waals surface area contributed by atoms with Gasteiger partial charge in [-0.05, 0) is 5.92 Å². The molecule has 0 aliphatic heterocycles. The fourth-order valence-electron chi connectivity index (χ4n) is 1.31. The van der Waals surface area contributed by atoms with Gasteiger partial charge in [-0.25, -0.2) is 0 Å². The van der Waals surface area contributed by atoms with Crippen LogP contribution in [0.1, 0.15) is 13.8 Å². The second-order valence-corrected chi connectivity index (χ2v) is 4.56. The van der Waals surface area contributed by atoms with Gasteiger partial charge >= 0.3 is 0 Å². The third kappa shape index (κ3) is 10.7. The Labute approximate surface area is 104 Å². The number of ether oxygens (including phenoxy) is 3. The highest BCUT2D eigenvalue weighted by Gasteiger charge is 2.08.